The van der Waals surface area contributed by atoms with Crippen LogP contribution in [0.3, 0.4) is 0 Å². The molecule has 2 amide bonds. The van der Waals surface area contributed by atoms with Gasteiger partial charge in [-0.3, -0.25) is 9.59 Å². The Morgan fingerprint density at radius 2 is 1.94 bits per heavy atom. The van der Waals surface area contributed by atoms with Gasteiger partial charge in [0.1, 0.15) is 23.1 Å². The van der Waals surface area contributed by atoms with Gasteiger partial charge in [-0.2, -0.15) is 0 Å². The predicted molar refractivity (Wildman–Crippen MR) is 121 cm³/mol. The minimum Gasteiger partial charge on any atom is -0.486 e. The summed E-state index contributed by atoms with van der Waals surface area (Å²) >= 11 is 6.91. The molecule has 3 aromatic rings. The molecule has 0 spiro atoms. The zero-order valence-corrected chi connectivity index (χ0v) is 19.2. The van der Waals surface area contributed by atoms with Gasteiger partial charge in [0.05, 0.1) is 17.0 Å². The Bertz CT molecular complexity index is 1180. The predicted octanol–water partition coefficient (Wildman–Crippen LogP) is 4.72. The highest BCUT2D eigenvalue weighted by atomic mass is 35.5. The van der Waals surface area contributed by atoms with Gasteiger partial charge in [-0.25, -0.2) is 4.79 Å². The first-order chi connectivity index (χ1) is 15.2. The molecule has 0 aliphatic carbocycles. The lowest BCUT2D eigenvalue weighted by Gasteiger charge is -2.07. The summed E-state index contributed by atoms with van der Waals surface area (Å²) in [6.07, 6.45) is 0. The van der Waals surface area contributed by atoms with Gasteiger partial charge in [0.15, 0.2) is 5.76 Å². The molecule has 0 fully saturated rings. The van der Waals surface area contributed by atoms with E-state index in [1.165, 1.54) is 6.07 Å². The fraction of sp³-hybridized carbons (Fsp3) is 0.227. The van der Waals surface area contributed by atoms with Gasteiger partial charge < -0.3 is 24.9 Å². The summed E-state index contributed by atoms with van der Waals surface area (Å²) < 4.78 is 16.3. The first-order valence-corrected chi connectivity index (χ1v) is 10.8. The second-order valence-electron chi connectivity index (χ2n) is 6.76. The summed E-state index contributed by atoms with van der Waals surface area (Å²) in [5.41, 5.74) is 6.70. The maximum absolute atomic E-state index is 12.7. The molecule has 0 unspecified atom stereocenters. The number of nitrogens with two attached hydrogens (primary N) is 1. The van der Waals surface area contributed by atoms with Crippen LogP contribution in [0.15, 0.2) is 34.7 Å². The Hall–Kier alpha value is -3.30. The summed E-state index contributed by atoms with van der Waals surface area (Å²) in [6.45, 7) is 5.34. The summed E-state index contributed by atoms with van der Waals surface area (Å²) in [6, 6.07) is 8.36. The molecule has 3 N–H and O–H groups in total. The highest BCUT2D eigenvalue weighted by Crippen LogP contribution is 2.34. The van der Waals surface area contributed by atoms with E-state index in [1.807, 2.05) is 6.92 Å². The number of thiophene rings is 1. The molecule has 0 bridgehead atoms. The largest absolute Gasteiger partial charge is 0.486 e. The average Bonchev–Trinajstić information content (AvgIpc) is 3.34. The van der Waals surface area contributed by atoms with Crippen LogP contribution in [0.5, 0.6) is 5.75 Å². The highest BCUT2D eigenvalue weighted by Gasteiger charge is 2.26. The zero-order valence-electron chi connectivity index (χ0n) is 17.6. The molecule has 0 aliphatic rings. The average molecular weight is 477 g/mol. The van der Waals surface area contributed by atoms with Crippen molar-refractivity contribution in [1.82, 2.24) is 0 Å². The number of rotatable bonds is 8. The lowest BCUT2D eigenvalue weighted by atomic mass is 10.1. The molecule has 10 heteroatoms. The molecule has 0 atom stereocenters. The Morgan fingerprint density at radius 1 is 1.19 bits per heavy atom. The van der Waals surface area contributed by atoms with Crippen LogP contribution in [0.25, 0.3) is 0 Å². The number of anilines is 1. The molecular weight excluding hydrogens is 456 g/mol. The normalized spacial score (nSPS) is 10.6. The standard InChI is InChI=1S/C22H21ClN2O6S/c1-4-29-22(28)17-12(3)18(19(24)26)32-21(17)25-20(27)16-8-6-14(31-16)10-30-13-5-7-15(23)11(2)9-13/h5-9H,4,10H2,1-3H3,(H2,24,26)(H,25,27). The van der Waals surface area contributed by atoms with E-state index in [0.717, 1.165) is 16.9 Å². The van der Waals surface area contributed by atoms with Crippen LogP contribution in [0.1, 0.15) is 54.4 Å². The van der Waals surface area contributed by atoms with Gasteiger partial charge in [0.2, 0.25) is 0 Å². The molecule has 8 nitrogen and oxygen atoms in total. The van der Waals surface area contributed by atoms with Crippen LogP contribution >= 0.6 is 22.9 Å². The Labute approximate surface area is 193 Å². The monoisotopic (exact) mass is 476 g/mol. The number of amides is 2. The van der Waals surface area contributed by atoms with Crippen LogP contribution < -0.4 is 15.8 Å². The van der Waals surface area contributed by atoms with Crippen molar-refractivity contribution in [2.24, 2.45) is 5.73 Å². The summed E-state index contributed by atoms with van der Waals surface area (Å²) in [5, 5.41) is 3.40. The second-order valence-corrected chi connectivity index (χ2v) is 8.19. The van der Waals surface area contributed by atoms with Gasteiger partial charge in [-0.05, 0) is 62.2 Å². The first-order valence-electron chi connectivity index (χ1n) is 9.60. The number of benzene rings is 1. The van der Waals surface area contributed by atoms with Crippen LogP contribution in [-0.4, -0.2) is 24.4 Å². The fourth-order valence-electron chi connectivity index (χ4n) is 2.89. The number of nitrogens with one attached hydrogen (secondary N) is 1. The number of primary amides is 1. The van der Waals surface area contributed by atoms with E-state index in [4.69, 9.17) is 31.2 Å². The lowest BCUT2D eigenvalue weighted by Crippen LogP contribution is -2.14. The van der Waals surface area contributed by atoms with Gasteiger partial charge in [0.25, 0.3) is 11.8 Å². The Morgan fingerprint density at radius 3 is 2.59 bits per heavy atom. The maximum atomic E-state index is 12.7. The third kappa shape index (κ3) is 5.12. The van der Waals surface area contributed by atoms with Crippen LogP contribution in [0.4, 0.5) is 5.00 Å². The third-order valence-electron chi connectivity index (χ3n) is 4.47. The van der Waals surface area contributed by atoms with Crippen LogP contribution in [0.2, 0.25) is 5.02 Å². The number of ether oxygens (including phenoxy) is 2. The molecule has 0 saturated heterocycles. The summed E-state index contributed by atoms with van der Waals surface area (Å²) in [4.78, 5) is 36.9. The number of carbonyl (C=O) groups is 3. The highest BCUT2D eigenvalue weighted by molar-refractivity contribution is 7.18. The quantitative estimate of drug-likeness (QED) is 0.454. The molecule has 0 radical (unpaired) electrons. The van der Waals surface area contributed by atoms with Crippen molar-refractivity contribution >= 4 is 45.7 Å². The Balaban J connectivity index is 1.74. The van der Waals surface area contributed by atoms with E-state index >= 15 is 0 Å². The van der Waals surface area contributed by atoms with Gasteiger partial charge in [-0.1, -0.05) is 11.6 Å². The van der Waals surface area contributed by atoms with Crippen molar-refractivity contribution in [1.29, 1.82) is 0 Å². The SMILES string of the molecule is CCOC(=O)c1c(NC(=O)c2ccc(COc3ccc(Cl)c(C)c3)o2)sc(C(N)=O)c1C. The lowest BCUT2D eigenvalue weighted by molar-refractivity contribution is 0.0527. The minimum atomic E-state index is -0.701. The van der Waals surface area contributed by atoms with Crippen LogP contribution in [-0.2, 0) is 11.3 Å². The summed E-state index contributed by atoms with van der Waals surface area (Å²) in [5.74, 6) is -0.905. The molecule has 3 rings (SSSR count). The molecule has 0 saturated carbocycles. The minimum absolute atomic E-state index is 0.0115. The van der Waals surface area contributed by atoms with Crippen molar-refractivity contribution in [3.63, 3.8) is 0 Å². The third-order valence-corrected chi connectivity index (χ3v) is 6.12. The van der Waals surface area contributed by atoms with Crippen molar-refractivity contribution in [2.75, 3.05) is 11.9 Å². The maximum Gasteiger partial charge on any atom is 0.341 e. The number of halogens is 1. The van der Waals surface area contributed by atoms with E-state index in [2.05, 4.69) is 5.32 Å². The molecule has 2 aromatic heterocycles. The van der Waals surface area contributed by atoms with E-state index in [-0.39, 0.29) is 34.4 Å². The number of hydrogen-bond acceptors (Lipinski definition) is 7. The zero-order chi connectivity index (χ0) is 23.4. The van der Waals surface area contributed by atoms with E-state index < -0.39 is 17.8 Å². The molecule has 168 valence electrons. The van der Waals surface area contributed by atoms with E-state index in [0.29, 0.717) is 22.1 Å². The van der Waals surface area contributed by atoms with Crippen molar-refractivity contribution in [3.05, 3.63) is 68.4 Å². The smallest absolute Gasteiger partial charge is 0.341 e. The summed E-state index contributed by atoms with van der Waals surface area (Å²) in [7, 11) is 0. The van der Waals surface area contributed by atoms with Crippen molar-refractivity contribution in [3.8, 4) is 5.75 Å². The molecule has 2 heterocycles. The number of aryl methyl sites for hydroxylation is 1. The molecular formula is C22H21ClN2O6S. The number of furan rings is 1. The van der Waals surface area contributed by atoms with Crippen molar-refractivity contribution in [2.45, 2.75) is 27.4 Å². The van der Waals surface area contributed by atoms with E-state index in [9.17, 15) is 14.4 Å². The molecule has 0 aliphatic heterocycles. The first kappa shape index (κ1) is 23.4. The van der Waals surface area contributed by atoms with Gasteiger partial charge >= 0.3 is 5.97 Å². The topological polar surface area (TPSA) is 121 Å². The second kappa shape index (κ2) is 9.88. The Kier molecular flexibility index (Phi) is 7.22. The number of carbonyl (C=O) groups excluding carboxylic acids is 3. The van der Waals surface area contributed by atoms with Gasteiger partial charge in [0, 0.05) is 5.02 Å². The molecule has 32 heavy (non-hydrogen) atoms. The number of hydrogen-bond donors (Lipinski definition) is 2. The fourth-order valence-corrected chi connectivity index (χ4v) is 4.05. The van der Waals surface area contributed by atoms with Gasteiger partial charge in [-0.15, -0.1) is 11.3 Å². The number of esters is 1. The van der Waals surface area contributed by atoms with Crippen molar-refractivity contribution < 1.29 is 28.3 Å². The molecule has 1 aromatic carbocycles. The van der Waals surface area contributed by atoms with E-state index in [1.54, 1.807) is 38.1 Å². The van der Waals surface area contributed by atoms with Crippen LogP contribution in [0, 0.1) is 13.8 Å².